The molecule has 4 nitrogen and oxygen atoms in total. The number of methoxy groups -OCH3 is 1. The van der Waals surface area contributed by atoms with Gasteiger partial charge in [-0.3, -0.25) is 4.79 Å². The Bertz CT molecular complexity index is 570. The summed E-state index contributed by atoms with van der Waals surface area (Å²) in [5.74, 6) is 0.782. The molecule has 0 spiro atoms. The monoisotopic (exact) mass is 315 g/mol. The van der Waals surface area contributed by atoms with Gasteiger partial charge < -0.3 is 15.0 Å². The quantitative estimate of drug-likeness (QED) is 0.885. The molecule has 0 radical (unpaired) electrons. The van der Waals surface area contributed by atoms with E-state index in [-0.39, 0.29) is 5.91 Å². The van der Waals surface area contributed by atoms with Crippen LogP contribution in [0.5, 0.6) is 5.75 Å². The van der Waals surface area contributed by atoms with E-state index in [0.717, 1.165) is 36.7 Å². The van der Waals surface area contributed by atoms with Crippen LogP contribution in [0.4, 0.5) is 0 Å². The predicted octanol–water partition coefficient (Wildman–Crippen LogP) is 1.56. The van der Waals surface area contributed by atoms with Gasteiger partial charge in [0.05, 0.1) is 25.2 Å². The van der Waals surface area contributed by atoms with Gasteiger partial charge in [-0.2, -0.15) is 0 Å². The molecular formula is C19H27N2O2+. The Morgan fingerprint density at radius 1 is 1.13 bits per heavy atom. The van der Waals surface area contributed by atoms with E-state index in [4.69, 9.17) is 4.74 Å². The molecule has 4 rings (SSSR count). The number of fused-ring (bicyclic) bond motifs is 2. The van der Waals surface area contributed by atoms with Crippen LogP contribution in [0.3, 0.4) is 0 Å². The van der Waals surface area contributed by atoms with Crippen LogP contribution < -0.4 is 15.0 Å². The van der Waals surface area contributed by atoms with Gasteiger partial charge >= 0.3 is 0 Å². The van der Waals surface area contributed by atoms with Gasteiger partial charge in [-0.1, -0.05) is 6.07 Å². The third kappa shape index (κ3) is 3.09. The van der Waals surface area contributed by atoms with Gasteiger partial charge in [0.2, 0.25) is 0 Å². The summed E-state index contributed by atoms with van der Waals surface area (Å²) >= 11 is 0. The Balaban J connectivity index is 1.42. The molecule has 3 aliphatic rings. The Hall–Kier alpha value is -1.55. The van der Waals surface area contributed by atoms with Crippen LogP contribution in [-0.4, -0.2) is 37.2 Å². The molecule has 2 unspecified atom stereocenters. The van der Waals surface area contributed by atoms with Crippen LogP contribution in [-0.2, 0) is 0 Å². The van der Waals surface area contributed by atoms with Crippen molar-refractivity contribution in [1.29, 1.82) is 0 Å². The van der Waals surface area contributed by atoms with Gasteiger partial charge in [-0.05, 0) is 37.5 Å². The van der Waals surface area contributed by atoms with Gasteiger partial charge in [0.25, 0.3) is 5.91 Å². The van der Waals surface area contributed by atoms with Crippen molar-refractivity contribution in [2.75, 3.05) is 7.11 Å². The van der Waals surface area contributed by atoms with Gasteiger partial charge in [0.1, 0.15) is 5.75 Å². The summed E-state index contributed by atoms with van der Waals surface area (Å²) in [5, 5.41) is 3.29. The fraction of sp³-hybridized carbons (Fsp3) is 0.632. The van der Waals surface area contributed by atoms with Crippen molar-refractivity contribution in [3.8, 4) is 5.75 Å². The van der Waals surface area contributed by atoms with E-state index >= 15 is 0 Å². The molecule has 4 heteroatoms. The molecule has 2 N–H and O–H groups in total. The number of quaternary nitrogens is 1. The first-order valence-corrected chi connectivity index (χ1v) is 9.06. The standard InChI is InChI=1S/C19H26N2O2/c1-23-18-7-2-4-13(10-18)19(22)20-14-11-16-5-3-6-17(12-14)21(16)15-8-9-15/h2,4,7,10,14-17H,3,5-6,8-9,11-12H2,1H3,(H,20,22)/p+1/t14?,16-,17+. The smallest absolute Gasteiger partial charge is 0.251 e. The normalized spacial score (nSPS) is 33.1. The van der Waals surface area contributed by atoms with E-state index in [0.29, 0.717) is 11.6 Å². The van der Waals surface area contributed by atoms with Crippen LogP contribution >= 0.6 is 0 Å². The van der Waals surface area contributed by atoms with E-state index in [2.05, 4.69) is 5.32 Å². The Morgan fingerprint density at radius 2 is 1.87 bits per heavy atom. The SMILES string of the molecule is COc1cccc(C(=O)NC2C[C@H]3CCC[C@@H](C2)[NH+]3C2CC2)c1. The van der Waals surface area contributed by atoms with E-state index < -0.39 is 0 Å². The van der Waals surface area contributed by atoms with Crippen LogP contribution in [0.1, 0.15) is 55.3 Å². The largest absolute Gasteiger partial charge is 0.497 e. The van der Waals surface area contributed by atoms with Gasteiger partial charge in [-0.15, -0.1) is 0 Å². The lowest BCUT2D eigenvalue weighted by Gasteiger charge is -2.46. The number of benzene rings is 1. The molecule has 1 aromatic carbocycles. The number of hydrogen-bond donors (Lipinski definition) is 2. The zero-order valence-electron chi connectivity index (χ0n) is 13.9. The summed E-state index contributed by atoms with van der Waals surface area (Å²) in [7, 11) is 1.63. The number of carbonyl (C=O) groups is 1. The fourth-order valence-corrected chi connectivity index (χ4v) is 4.80. The maximum atomic E-state index is 12.6. The van der Waals surface area contributed by atoms with Gasteiger partial charge in [-0.25, -0.2) is 0 Å². The van der Waals surface area contributed by atoms with Gasteiger partial charge in [0, 0.05) is 37.3 Å². The zero-order chi connectivity index (χ0) is 15.8. The molecule has 1 aromatic rings. The van der Waals surface area contributed by atoms with Crippen LogP contribution in [0.25, 0.3) is 0 Å². The highest BCUT2D eigenvalue weighted by atomic mass is 16.5. The Labute approximate surface area is 138 Å². The second-order valence-corrected chi connectivity index (χ2v) is 7.47. The van der Waals surface area contributed by atoms with Crippen LogP contribution in [0.15, 0.2) is 24.3 Å². The molecule has 4 atom stereocenters. The number of amides is 1. The lowest BCUT2D eigenvalue weighted by molar-refractivity contribution is -0.971. The molecule has 3 fully saturated rings. The van der Waals surface area contributed by atoms with Crippen molar-refractivity contribution in [3.05, 3.63) is 29.8 Å². The van der Waals surface area contributed by atoms with Crippen molar-refractivity contribution in [2.24, 2.45) is 0 Å². The number of carbonyl (C=O) groups excluding carboxylic acids is 1. The number of nitrogens with one attached hydrogen (secondary N) is 2. The summed E-state index contributed by atoms with van der Waals surface area (Å²) < 4.78 is 5.22. The Morgan fingerprint density at radius 3 is 2.52 bits per heavy atom. The Kier molecular flexibility index (Phi) is 4.02. The first-order chi connectivity index (χ1) is 11.2. The molecule has 1 saturated carbocycles. The molecule has 23 heavy (non-hydrogen) atoms. The first kappa shape index (κ1) is 15.0. The van der Waals surface area contributed by atoms with E-state index in [1.807, 2.05) is 29.2 Å². The summed E-state index contributed by atoms with van der Waals surface area (Å²) in [6.07, 6.45) is 9.20. The summed E-state index contributed by atoms with van der Waals surface area (Å²) in [6, 6.07) is 10.2. The number of rotatable bonds is 4. The third-order valence-corrected chi connectivity index (χ3v) is 5.90. The van der Waals surface area contributed by atoms with E-state index in [1.165, 1.54) is 32.1 Å². The minimum Gasteiger partial charge on any atom is -0.497 e. The maximum Gasteiger partial charge on any atom is 0.251 e. The number of ether oxygens (including phenoxy) is 1. The van der Waals surface area contributed by atoms with Crippen molar-refractivity contribution in [3.63, 3.8) is 0 Å². The number of hydrogen-bond acceptors (Lipinski definition) is 2. The second-order valence-electron chi connectivity index (χ2n) is 7.47. The minimum absolute atomic E-state index is 0.0434. The summed E-state index contributed by atoms with van der Waals surface area (Å²) in [4.78, 5) is 14.4. The molecular weight excluding hydrogens is 288 g/mol. The van der Waals surface area contributed by atoms with Crippen molar-refractivity contribution >= 4 is 5.91 Å². The average molecular weight is 315 g/mol. The highest BCUT2D eigenvalue weighted by molar-refractivity contribution is 5.94. The van der Waals surface area contributed by atoms with Crippen molar-refractivity contribution in [2.45, 2.75) is 69.1 Å². The predicted molar refractivity (Wildman–Crippen MR) is 88.9 cm³/mol. The van der Waals surface area contributed by atoms with E-state index in [9.17, 15) is 4.79 Å². The average Bonchev–Trinajstić information content (AvgIpc) is 3.39. The highest BCUT2D eigenvalue weighted by Crippen LogP contribution is 2.27. The molecule has 2 saturated heterocycles. The van der Waals surface area contributed by atoms with Crippen molar-refractivity contribution in [1.82, 2.24) is 5.32 Å². The summed E-state index contributed by atoms with van der Waals surface area (Å²) in [5.41, 5.74) is 0.700. The van der Waals surface area contributed by atoms with Crippen LogP contribution in [0, 0.1) is 0 Å². The maximum absolute atomic E-state index is 12.6. The van der Waals surface area contributed by atoms with Crippen molar-refractivity contribution < 1.29 is 14.4 Å². The minimum atomic E-state index is 0.0434. The lowest BCUT2D eigenvalue weighted by atomic mass is 9.81. The molecule has 2 aliphatic heterocycles. The lowest BCUT2D eigenvalue weighted by Crippen LogP contribution is -3.22. The fourth-order valence-electron chi connectivity index (χ4n) is 4.80. The molecule has 0 aromatic heterocycles. The number of piperidine rings is 2. The van der Waals surface area contributed by atoms with Crippen LogP contribution in [0.2, 0.25) is 0 Å². The second kappa shape index (κ2) is 6.16. The molecule has 2 heterocycles. The van der Waals surface area contributed by atoms with E-state index in [1.54, 1.807) is 7.11 Å². The first-order valence-electron chi connectivity index (χ1n) is 9.06. The summed E-state index contributed by atoms with van der Waals surface area (Å²) in [6.45, 7) is 0. The van der Waals surface area contributed by atoms with Gasteiger partial charge in [0.15, 0.2) is 0 Å². The highest BCUT2D eigenvalue weighted by Gasteiger charge is 2.48. The zero-order valence-corrected chi connectivity index (χ0v) is 13.9. The molecule has 1 amide bonds. The molecule has 1 aliphatic carbocycles. The third-order valence-electron chi connectivity index (χ3n) is 5.90. The molecule has 2 bridgehead atoms. The molecule has 124 valence electrons. The topological polar surface area (TPSA) is 42.8 Å².